The predicted octanol–water partition coefficient (Wildman–Crippen LogP) is 2.62. The number of nitrogens with one attached hydrogen (secondary N) is 1. The maximum Gasteiger partial charge on any atom is 0.263 e. The number of hydrogen-bond acceptors (Lipinski definition) is 6. The van der Waals surface area contributed by atoms with Crippen molar-refractivity contribution in [1.29, 1.82) is 0 Å². The Hall–Kier alpha value is -3.13. The van der Waals surface area contributed by atoms with E-state index in [1.807, 2.05) is 24.3 Å². The molecule has 1 aliphatic rings. The molecule has 1 aromatic carbocycles. The number of benzene rings is 1. The third-order valence-electron chi connectivity index (χ3n) is 4.57. The number of aryl methyl sites for hydroxylation is 2. The molecule has 0 radical (unpaired) electrons. The topological polar surface area (TPSA) is 88.1 Å². The highest BCUT2D eigenvalue weighted by molar-refractivity contribution is 7.17. The van der Waals surface area contributed by atoms with Crippen LogP contribution >= 0.6 is 11.3 Å². The van der Waals surface area contributed by atoms with Crippen molar-refractivity contribution in [2.45, 2.75) is 19.8 Å². The Morgan fingerprint density at radius 1 is 1.18 bits per heavy atom. The molecule has 0 spiro atoms. The van der Waals surface area contributed by atoms with Crippen LogP contribution in [0.5, 0.6) is 0 Å². The Balaban J connectivity index is 1.44. The molecule has 0 unspecified atom stereocenters. The molecule has 0 saturated heterocycles. The Morgan fingerprint density at radius 3 is 2.79 bits per heavy atom. The van der Waals surface area contributed by atoms with E-state index in [-0.39, 0.29) is 18.4 Å². The number of carbonyl (C=O) groups is 2. The molecule has 3 aromatic rings. The van der Waals surface area contributed by atoms with Crippen molar-refractivity contribution < 1.29 is 9.59 Å². The van der Waals surface area contributed by atoms with Crippen molar-refractivity contribution in [2.75, 3.05) is 18.0 Å². The number of hydrogen-bond donors (Lipinski definition) is 1. The van der Waals surface area contributed by atoms with Crippen molar-refractivity contribution in [1.82, 2.24) is 20.3 Å². The van der Waals surface area contributed by atoms with E-state index in [0.717, 1.165) is 18.5 Å². The lowest BCUT2D eigenvalue weighted by Crippen LogP contribution is -2.42. The molecule has 0 saturated carbocycles. The van der Waals surface area contributed by atoms with E-state index < -0.39 is 0 Å². The van der Waals surface area contributed by atoms with Crippen LogP contribution in [0.3, 0.4) is 0 Å². The molecule has 1 aliphatic heterocycles. The summed E-state index contributed by atoms with van der Waals surface area (Å²) in [6.07, 6.45) is 5.16. The van der Waals surface area contributed by atoms with E-state index in [2.05, 4.69) is 20.3 Å². The van der Waals surface area contributed by atoms with E-state index in [1.165, 1.54) is 16.9 Å². The lowest BCUT2D eigenvalue weighted by molar-refractivity contribution is -0.117. The first-order valence-corrected chi connectivity index (χ1v) is 9.86. The van der Waals surface area contributed by atoms with E-state index >= 15 is 0 Å². The number of para-hydroxylation sites is 1. The normalized spacial score (nSPS) is 13.1. The fourth-order valence-electron chi connectivity index (χ4n) is 3.24. The average Bonchev–Trinajstić information content (AvgIpc) is 3.14. The first-order chi connectivity index (χ1) is 13.6. The molecule has 0 bridgehead atoms. The van der Waals surface area contributed by atoms with Crippen molar-refractivity contribution in [3.63, 3.8) is 0 Å². The van der Waals surface area contributed by atoms with Gasteiger partial charge in [-0.1, -0.05) is 18.2 Å². The summed E-state index contributed by atoms with van der Waals surface area (Å²) in [5.41, 5.74) is 2.70. The summed E-state index contributed by atoms with van der Waals surface area (Å²) in [5.74, 6) is 0.0563. The second-order valence-electron chi connectivity index (χ2n) is 6.47. The van der Waals surface area contributed by atoms with E-state index in [1.54, 1.807) is 30.3 Å². The fourth-order valence-corrected chi connectivity index (χ4v) is 4.17. The molecule has 3 heterocycles. The average molecular weight is 393 g/mol. The van der Waals surface area contributed by atoms with E-state index in [4.69, 9.17) is 0 Å². The van der Waals surface area contributed by atoms with Gasteiger partial charge in [-0.05, 0) is 37.5 Å². The van der Waals surface area contributed by atoms with Crippen LogP contribution in [-0.4, -0.2) is 39.9 Å². The number of rotatable bonds is 4. The molecular weight excluding hydrogens is 374 g/mol. The molecule has 142 valence electrons. The van der Waals surface area contributed by atoms with Crippen molar-refractivity contribution in [3.05, 3.63) is 58.9 Å². The highest BCUT2D eigenvalue weighted by Gasteiger charge is 2.23. The Kier molecular flexibility index (Phi) is 5.12. The van der Waals surface area contributed by atoms with Crippen LogP contribution in [0.2, 0.25) is 0 Å². The highest BCUT2D eigenvalue weighted by atomic mass is 32.1. The van der Waals surface area contributed by atoms with Gasteiger partial charge >= 0.3 is 0 Å². The second kappa shape index (κ2) is 7.85. The molecule has 4 rings (SSSR count). The van der Waals surface area contributed by atoms with E-state index in [9.17, 15) is 9.59 Å². The van der Waals surface area contributed by atoms with Crippen LogP contribution in [0.4, 0.5) is 5.69 Å². The van der Waals surface area contributed by atoms with Gasteiger partial charge in [0, 0.05) is 24.6 Å². The minimum atomic E-state index is -0.309. The SMILES string of the molecule is Cc1nc(-c2ncccn2)sc1C(=O)NCC(=O)N1CCCc2ccccc21. The molecule has 2 aromatic heterocycles. The molecule has 0 fully saturated rings. The van der Waals surface area contributed by atoms with Gasteiger partial charge in [0.05, 0.1) is 12.2 Å². The van der Waals surface area contributed by atoms with Gasteiger partial charge in [-0.3, -0.25) is 9.59 Å². The zero-order valence-corrected chi connectivity index (χ0v) is 16.2. The number of aromatic nitrogens is 3. The summed E-state index contributed by atoms with van der Waals surface area (Å²) < 4.78 is 0. The summed E-state index contributed by atoms with van der Waals surface area (Å²) in [4.78, 5) is 40.2. The summed E-state index contributed by atoms with van der Waals surface area (Å²) in [6.45, 7) is 2.38. The van der Waals surface area contributed by atoms with Crippen molar-refractivity contribution in [3.8, 4) is 10.8 Å². The van der Waals surface area contributed by atoms with Crippen LogP contribution in [-0.2, 0) is 11.2 Å². The van der Waals surface area contributed by atoms with Crippen molar-refractivity contribution in [2.24, 2.45) is 0 Å². The van der Waals surface area contributed by atoms with Crippen LogP contribution in [0.15, 0.2) is 42.7 Å². The van der Waals surface area contributed by atoms with Gasteiger partial charge in [-0.2, -0.15) is 0 Å². The first-order valence-electron chi connectivity index (χ1n) is 9.05. The molecule has 1 N–H and O–H groups in total. The Labute approximate surface area is 166 Å². The lowest BCUT2D eigenvalue weighted by Gasteiger charge is -2.29. The zero-order chi connectivity index (χ0) is 19.5. The summed E-state index contributed by atoms with van der Waals surface area (Å²) in [7, 11) is 0. The Bertz CT molecular complexity index is 1020. The third kappa shape index (κ3) is 3.63. The van der Waals surface area contributed by atoms with Gasteiger partial charge < -0.3 is 10.2 Å². The van der Waals surface area contributed by atoms with Crippen LogP contribution in [0.25, 0.3) is 10.8 Å². The number of fused-ring (bicyclic) bond motifs is 1. The van der Waals surface area contributed by atoms with Crippen LogP contribution < -0.4 is 10.2 Å². The highest BCUT2D eigenvalue weighted by Crippen LogP contribution is 2.27. The van der Waals surface area contributed by atoms with E-state index in [0.29, 0.717) is 27.9 Å². The molecule has 28 heavy (non-hydrogen) atoms. The van der Waals surface area contributed by atoms with Gasteiger partial charge in [0.2, 0.25) is 5.91 Å². The molecule has 8 heteroatoms. The summed E-state index contributed by atoms with van der Waals surface area (Å²) >= 11 is 1.22. The maximum atomic E-state index is 12.7. The molecule has 7 nitrogen and oxygen atoms in total. The number of carbonyl (C=O) groups excluding carboxylic acids is 2. The predicted molar refractivity (Wildman–Crippen MR) is 107 cm³/mol. The van der Waals surface area contributed by atoms with Gasteiger partial charge in [-0.25, -0.2) is 15.0 Å². The molecule has 0 aliphatic carbocycles. The van der Waals surface area contributed by atoms with Crippen molar-refractivity contribution >= 4 is 28.8 Å². The minimum Gasteiger partial charge on any atom is -0.342 e. The first kappa shape index (κ1) is 18.2. The zero-order valence-electron chi connectivity index (χ0n) is 15.4. The smallest absolute Gasteiger partial charge is 0.263 e. The molecule has 0 atom stereocenters. The van der Waals surface area contributed by atoms with Crippen LogP contribution in [0, 0.1) is 6.92 Å². The largest absolute Gasteiger partial charge is 0.342 e. The van der Waals surface area contributed by atoms with Gasteiger partial charge in [0.1, 0.15) is 4.88 Å². The maximum absolute atomic E-state index is 12.7. The quantitative estimate of drug-likeness (QED) is 0.736. The monoisotopic (exact) mass is 393 g/mol. The molecular formula is C20H19N5O2S. The number of amides is 2. The van der Waals surface area contributed by atoms with Gasteiger partial charge in [-0.15, -0.1) is 11.3 Å². The van der Waals surface area contributed by atoms with Crippen LogP contribution in [0.1, 0.15) is 27.3 Å². The summed E-state index contributed by atoms with van der Waals surface area (Å²) in [5, 5.41) is 3.31. The Morgan fingerprint density at radius 2 is 1.96 bits per heavy atom. The fraction of sp³-hybridized carbons (Fsp3) is 0.250. The number of thiazole rings is 1. The second-order valence-corrected chi connectivity index (χ2v) is 7.47. The minimum absolute atomic E-state index is 0.0539. The molecule has 2 amide bonds. The number of nitrogens with zero attached hydrogens (tertiary/aromatic N) is 4. The summed E-state index contributed by atoms with van der Waals surface area (Å²) in [6, 6.07) is 9.63. The third-order valence-corrected chi connectivity index (χ3v) is 5.72. The number of anilines is 1. The lowest BCUT2D eigenvalue weighted by atomic mass is 10.0. The van der Waals surface area contributed by atoms with Gasteiger partial charge in [0.15, 0.2) is 10.8 Å². The standard InChI is InChI=1S/C20H19N5O2S/c1-13-17(28-20(24-13)18-21-9-5-10-22-18)19(27)23-12-16(26)25-11-4-7-14-6-2-3-8-15(14)25/h2-3,5-6,8-10H,4,7,11-12H2,1H3,(H,23,27). The van der Waals surface area contributed by atoms with Gasteiger partial charge in [0.25, 0.3) is 5.91 Å².